The minimum absolute atomic E-state index is 0.0159. The van der Waals surface area contributed by atoms with Crippen molar-refractivity contribution in [3.05, 3.63) is 23.8 Å². The lowest BCUT2D eigenvalue weighted by Crippen LogP contribution is -2.33. The number of sulfonamides is 1. The van der Waals surface area contributed by atoms with Gasteiger partial charge in [-0.15, -0.1) is 0 Å². The predicted octanol–water partition coefficient (Wildman–Crippen LogP) is 0.970. The third-order valence-electron chi connectivity index (χ3n) is 3.75. The number of rotatable bonds is 4. The smallest absolute Gasteiger partial charge is 0.242 e. The standard InChI is InChI=1S/C14H19N3O3S/c15-8-10-4-5-14(13(16)7-10)21(19,20)17-9-11-2-1-3-12(18)6-11/h4-5,7,11-12,17-18H,1-3,6,9,16H2. The van der Waals surface area contributed by atoms with Crippen molar-refractivity contribution in [3.63, 3.8) is 0 Å². The van der Waals surface area contributed by atoms with E-state index >= 15 is 0 Å². The first-order chi connectivity index (χ1) is 9.92. The number of anilines is 1. The fourth-order valence-corrected chi connectivity index (χ4v) is 3.84. The molecule has 0 bridgehead atoms. The number of aliphatic hydroxyl groups is 1. The number of hydrogen-bond donors (Lipinski definition) is 3. The van der Waals surface area contributed by atoms with Crippen molar-refractivity contribution in [2.45, 2.75) is 36.7 Å². The minimum Gasteiger partial charge on any atom is -0.398 e. The Kier molecular flexibility index (Phi) is 4.83. The van der Waals surface area contributed by atoms with E-state index in [4.69, 9.17) is 11.0 Å². The molecule has 1 saturated carbocycles. The van der Waals surface area contributed by atoms with E-state index < -0.39 is 10.0 Å². The molecule has 0 amide bonds. The van der Waals surface area contributed by atoms with E-state index in [1.165, 1.54) is 18.2 Å². The summed E-state index contributed by atoms with van der Waals surface area (Å²) in [5, 5.41) is 18.4. The predicted molar refractivity (Wildman–Crippen MR) is 78.7 cm³/mol. The molecule has 6 nitrogen and oxygen atoms in total. The zero-order valence-corrected chi connectivity index (χ0v) is 12.4. The molecule has 1 aromatic rings. The second kappa shape index (κ2) is 6.43. The summed E-state index contributed by atoms with van der Waals surface area (Å²) in [4.78, 5) is -0.0159. The van der Waals surface area contributed by atoms with Crippen molar-refractivity contribution in [2.75, 3.05) is 12.3 Å². The number of aliphatic hydroxyl groups excluding tert-OH is 1. The van der Waals surface area contributed by atoms with Crippen molar-refractivity contribution in [1.29, 1.82) is 5.26 Å². The van der Waals surface area contributed by atoms with Crippen molar-refractivity contribution in [2.24, 2.45) is 5.92 Å². The normalized spacial score (nSPS) is 22.7. The number of nitrogens with one attached hydrogen (secondary N) is 1. The molecule has 0 aromatic heterocycles. The summed E-state index contributed by atoms with van der Waals surface area (Å²) in [7, 11) is -3.70. The molecule has 2 rings (SSSR count). The molecule has 1 aliphatic carbocycles. The van der Waals surface area contributed by atoms with Crippen LogP contribution in [-0.4, -0.2) is 26.2 Å². The molecule has 7 heteroatoms. The van der Waals surface area contributed by atoms with Crippen LogP contribution in [0.25, 0.3) is 0 Å². The average Bonchev–Trinajstić information content (AvgIpc) is 2.45. The Labute approximate surface area is 124 Å². The Morgan fingerprint density at radius 2 is 2.19 bits per heavy atom. The molecule has 114 valence electrons. The summed E-state index contributed by atoms with van der Waals surface area (Å²) in [6.07, 6.45) is 2.87. The van der Waals surface area contributed by atoms with Gasteiger partial charge in [0.25, 0.3) is 0 Å². The second-order valence-corrected chi connectivity index (χ2v) is 7.14. The highest BCUT2D eigenvalue weighted by Crippen LogP contribution is 2.25. The first kappa shape index (κ1) is 15.8. The molecule has 0 saturated heterocycles. The molecule has 21 heavy (non-hydrogen) atoms. The fraction of sp³-hybridized carbons (Fsp3) is 0.500. The van der Waals surface area contributed by atoms with Crippen LogP contribution in [0.4, 0.5) is 5.69 Å². The lowest BCUT2D eigenvalue weighted by molar-refractivity contribution is 0.102. The molecule has 0 aliphatic heterocycles. The van der Waals surface area contributed by atoms with Crippen LogP contribution in [0.3, 0.4) is 0 Å². The third kappa shape index (κ3) is 3.94. The average molecular weight is 309 g/mol. The Morgan fingerprint density at radius 3 is 2.81 bits per heavy atom. The number of nitriles is 1. The highest BCUT2D eigenvalue weighted by molar-refractivity contribution is 7.89. The Hall–Kier alpha value is -1.62. The van der Waals surface area contributed by atoms with Gasteiger partial charge in [0.2, 0.25) is 10.0 Å². The molecule has 0 heterocycles. The lowest BCUT2D eigenvalue weighted by atomic mass is 9.87. The maximum absolute atomic E-state index is 12.2. The van der Waals surface area contributed by atoms with Crippen molar-refractivity contribution >= 4 is 15.7 Å². The molecular weight excluding hydrogens is 290 g/mol. The van der Waals surface area contributed by atoms with Crippen molar-refractivity contribution in [3.8, 4) is 6.07 Å². The number of hydrogen-bond acceptors (Lipinski definition) is 5. The topological polar surface area (TPSA) is 116 Å². The van der Waals surface area contributed by atoms with E-state index in [2.05, 4.69) is 4.72 Å². The Morgan fingerprint density at radius 1 is 1.43 bits per heavy atom. The van der Waals surface area contributed by atoms with Gasteiger partial charge in [0.05, 0.1) is 23.4 Å². The molecule has 2 unspecified atom stereocenters. The van der Waals surface area contributed by atoms with Crippen LogP contribution in [0.1, 0.15) is 31.2 Å². The Bertz CT molecular complexity index is 652. The summed E-state index contributed by atoms with van der Waals surface area (Å²) in [6.45, 7) is 0.291. The van der Waals surface area contributed by atoms with Crippen LogP contribution in [0.2, 0.25) is 0 Å². The van der Waals surface area contributed by atoms with E-state index in [0.29, 0.717) is 18.5 Å². The van der Waals surface area contributed by atoms with E-state index in [0.717, 1.165) is 19.3 Å². The maximum Gasteiger partial charge on any atom is 0.242 e. The van der Waals surface area contributed by atoms with Crippen molar-refractivity contribution in [1.82, 2.24) is 4.72 Å². The third-order valence-corrected chi connectivity index (χ3v) is 5.24. The zero-order valence-electron chi connectivity index (χ0n) is 11.6. The quantitative estimate of drug-likeness (QED) is 0.717. The summed E-state index contributed by atoms with van der Waals surface area (Å²) < 4.78 is 27.0. The Balaban J connectivity index is 2.06. The van der Waals surface area contributed by atoms with Gasteiger partial charge in [-0.2, -0.15) is 5.26 Å². The second-order valence-electron chi connectivity index (χ2n) is 5.40. The lowest BCUT2D eigenvalue weighted by Gasteiger charge is -2.25. The van der Waals surface area contributed by atoms with Crippen LogP contribution in [0.15, 0.2) is 23.1 Å². The van der Waals surface area contributed by atoms with Gasteiger partial charge >= 0.3 is 0 Å². The van der Waals surface area contributed by atoms with Gasteiger partial charge in [-0.25, -0.2) is 13.1 Å². The van der Waals surface area contributed by atoms with Gasteiger partial charge in [-0.3, -0.25) is 0 Å². The SMILES string of the molecule is N#Cc1ccc(S(=O)(=O)NCC2CCCC(O)C2)c(N)c1. The number of nitrogen functional groups attached to an aromatic ring is 1. The summed E-state index contributed by atoms with van der Waals surface area (Å²) in [5.41, 5.74) is 6.09. The first-order valence-corrected chi connectivity index (χ1v) is 8.38. The molecular formula is C14H19N3O3S. The van der Waals surface area contributed by atoms with E-state index in [1.54, 1.807) is 0 Å². The summed E-state index contributed by atoms with van der Waals surface area (Å²) in [5.74, 6) is 0.142. The minimum atomic E-state index is -3.70. The van der Waals surface area contributed by atoms with Crippen LogP contribution in [0.5, 0.6) is 0 Å². The number of nitrogens with two attached hydrogens (primary N) is 1. The zero-order chi connectivity index (χ0) is 15.5. The summed E-state index contributed by atoms with van der Waals surface area (Å²) >= 11 is 0. The molecule has 0 spiro atoms. The van der Waals surface area contributed by atoms with E-state index in [9.17, 15) is 13.5 Å². The monoisotopic (exact) mass is 309 g/mol. The highest BCUT2D eigenvalue weighted by Gasteiger charge is 2.23. The molecule has 4 N–H and O–H groups in total. The first-order valence-electron chi connectivity index (χ1n) is 6.89. The molecule has 1 aromatic carbocycles. The van der Waals surface area contributed by atoms with Crippen LogP contribution < -0.4 is 10.5 Å². The molecule has 2 atom stereocenters. The van der Waals surface area contributed by atoms with Gasteiger partial charge in [0.15, 0.2) is 0 Å². The van der Waals surface area contributed by atoms with Crippen LogP contribution in [0, 0.1) is 17.2 Å². The van der Waals surface area contributed by atoms with Gasteiger partial charge in [-0.05, 0) is 43.4 Å². The van der Waals surface area contributed by atoms with Crippen molar-refractivity contribution < 1.29 is 13.5 Å². The van der Waals surface area contributed by atoms with Gasteiger partial charge in [0.1, 0.15) is 4.90 Å². The van der Waals surface area contributed by atoms with E-state index in [1.807, 2.05) is 6.07 Å². The van der Waals surface area contributed by atoms with Gasteiger partial charge in [-0.1, -0.05) is 6.42 Å². The van der Waals surface area contributed by atoms with E-state index in [-0.39, 0.29) is 22.6 Å². The highest BCUT2D eigenvalue weighted by atomic mass is 32.2. The van der Waals surface area contributed by atoms with Gasteiger partial charge < -0.3 is 10.8 Å². The molecule has 0 radical (unpaired) electrons. The number of benzene rings is 1. The maximum atomic E-state index is 12.2. The molecule has 1 aliphatic rings. The number of nitrogens with zero attached hydrogens (tertiary/aromatic N) is 1. The fourth-order valence-electron chi connectivity index (χ4n) is 2.62. The molecule has 1 fully saturated rings. The largest absolute Gasteiger partial charge is 0.398 e. The van der Waals surface area contributed by atoms with Crippen LogP contribution >= 0.6 is 0 Å². The van der Waals surface area contributed by atoms with Crippen LogP contribution in [-0.2, 0) is 10.0 Å². The van der Waals surface area contributed by atoms with Gasteiger partial charge in [0, 0.05) is 6.54 Å². The summed E-state index contributed by atoms with van der Waals surface area (Å²) in [6, 6.07) is 6.02.